The first kappa shape index (κ1) is 14.7. The molecule has 2 aromatic carbocycles. The Kier molecular flexibility index (Phi) is 3.71. The zero-order valence-corrected chi connectivity index (χ0v) is 13.8. The van der Waals surface area contributed by atoms with E-state index in [-0.39, 0.29) is 5.56 Å². The van der Waals surface area contributed by atoms with Crippen LogP contribution in [0.2, 0.25) is 0 Å². The molecule has 0 spiro atoms. The van der Waals surface area contributed by atoms with E-state index in [0.717, 1.165) is 15.6 Å². The third kappa shape index (κ3) is 2.62. The predicted molar refractivity (Wildman–Crippen MR) is 91.3 cm³/mol. The number of benzene rings is 2. The van der Waals surface area contributed by atoms with Crippen molar-refractivity contribution in [3.8, 4) is 11.3 Å². The molecule has 0 aliphatic carbocycles. The molecule has 3 aromatic rings. The lowest BCUT2D eigenvalue weighted by Gasteiger charge is -2.10. The zero-order chi connectivity index (χ0) is 15.9. The maximum atomic E-state index is 11.6. The van der Waals surface area contributed by atoms with E-state index in [4.69, 9.17) is 0 Å². The van der Waals surface area contributed by atoms with Gasteiger partial charge in [-0.2, -0.15) is 0 Å². The van der Waals surface area contributed by atoms with Crippen LogP contribution in [0.4, 0.5) is 0 Å². The average molecular weight is 356 g/mol. The largest absolute Gasteiger partial charge is 0.478 e. The minimum Gasteiger partial charge on any atom is -0.478 e. The van der Waals surface area contributed by atoms with Crippen molar-refractivity contribution in [2.75, 3.05) is 0 Å². The molecule has 0 saturated carbocycles. The summed E-state index contributed by atoms with van der Waals surface area (Å²) in [6.07, 6.45) is 0. The van der Waals surface area contributed by atoms with Gasteiger partial charge in [-0.3, -0.25) is 0 Å². The highest BCUT2D eigenvalue weighted by Crippen LogP contribution is 2.29. The zero-order valence-electron chi connectivity index (χ0n) is 12.2. The lowest BCUT2D eigenvalue weighted by Crippen LogP contribution is -2.01. The smallest absolute Gasteiger partial charge is 0.336 e. The Bertz CT molecular complexity index is 903. The number of hydrogen-bond donors (Lipinski definition) is 1. The van der Waals surface area contributed by atoms with Crippen molar-refractivity contribution in [3.63, 3.8) is 0 Å². The number of hydrogen-bond acceptors (Lipinski definition) is 2. The molecule has 0 unspecified atom stereocenters. The monoisotopic (exact) mass is 355 g/mol. The Hall–Kier alpha value is -2.20. The molecule has 0 atom stereocenters. The third-order valence-corrected chi connectivity index (χ3v) is 4.15. The Labute approximate surface area is 136 Å². The molecule has 4 heteroatoms. The summed E-state index contributed by atoms with van der Waals surface area (Å²) in [5.41, 5.74) is 4.83. The normalized spacial score (nSPS) is 10.9. The maximum Gasteiger partial charge on any atom is 0.336 e. The number of aromatic nitrogens is 1. The molecule has 3 rings (SSSR count). The molecule has 0 aliphatic rings. The minimum absolute atomic E-state index is 0.271. The molecule has 1 N–H and O–H groups in total. The summed E-state index contributed by atoms with van der Waals surface area (Å²) in [5.74, 6) is -0.944. The highest BCUT2D eigenvalue weighted by Gasteiger charge is 2.14. The number of aromatic carboxylic acids is 1. The third-order valence-electron chi connectivity index (χ3n) is 3.66. The topological polar surface area (TPSA) is 50.2 Å². The Morgan fingerprint density at radius 3 is 2.55 bits per heavy atom. The van der Waals surface area contributed by atoms with Gasteiger partial charge in [0.05, 0.1) is 16.8 Å². The van der Waals surface area contributed by atoms with Crippen LogP contribution in [-0.4, -0.2) is 16.1 Å². The number of carboxylic acid groups (broad SMARTS) is 1. The van der Waals surface area contributed by atoms with E-state index < -0.39 is 5.97 Å². The van der Waals surface area contributed by atoms with Crippen molar-refractivity contribution in [3.05, 3.63) is 63.6 Å². The van der Waals surface area contributed by atoms with Gasteiger partial charge in [-0.25, -0.2) is 9.78 Å². The molecule has 110 valence electrons. The minimum atomic E-state index is -0.944. The molecule has 3 nitrogen and oxygen atoms in total. The molecule has 0 amide bonds. The molecule has 22 heavy (non-hydrogen) atoms. The van der Waals surface area contributed by atoms with Crippen LogP contribution in [0.5, 0.6) is 0 Å². The highest BCUT2D eigenvalue weighted by atomic mass is 79.9. The van der Waals surface area contributed by atoms with Crippen LogP contribution < -0.4 is 0 Å². The van der Waals surface area contributed by atoms with Crippen molar-refractivity contribution in [1.29, 1.82) is 0 Å². The second-order valence-corrected chi connectivity index (χ2v) is 6.26. The molecule has 0 aliphatic heterocycles. The summed E-state index contributed by atoms with van der Waals surface area (Å²) < 4.78 is 0.876. The van der Waals surface area contributed by atoms with Gasteiger partial charge in [0.1, 0.15) is 0 Å². The molecular weight excluding hydrogens is 342 g/mol. The van der Waals surface area contributed by atoms with E-state index in [9.17, 15) is 9.90 Å². The summed E-state index contributed by atoms with van der Waals surface area (Å²) in [5, 5.41) is 10.1. The molecule has 1 aromatic heterocycles. The van der Waals surface area contributed by atoms with Crippen LogP contribution in [0, 0.1) is 13.8 Å². The van der Waals surface area contributed by atoms with Crippen molar-refractivity contribution in [2.24, 2.45) is 0 Å². The van der Waals surface area contributed by atoms with Crippen molar-refractivity contribution in [2.45, 2.75) is 13.8 Å². The van der Waals surface area contributed by atoms with E-state index in [1.807, 2.05) is 38.1 Å². The number of halogens is 1. The van der Waals surface area contributed by atoms with E-state index in [2.05, 4.69) is 27.0 Å². The molecule has 0 radical (unpaired) electrons. The fourth-order valence-corrected chi connectivity index (χ4v) is 2.97. The SMILES string of the molecule is Cc1ccc(-c2cc(C(=O)O)c3ccc(Br)cc3n2)c(C)c1. The summed E-state index contributed by atoms with van der Waals surface area (Å²) in [7, 11) is 0. The van der Waals surface area contributed by atoms with Gasteiger partial charge in [-0.1, -0.05) is 45.8 Å². The summed E-state index contributed by atoms with van der Waals surface area (Å²) in [6, 6.07) is 13.2. The Balaban J connectivity index is 2.32. The quantitative estimate of drug-likeness (QED) is 0.705. The Morgan fingerprint density at radius 2 is 1.86 bits per heavy atom. The fourth-order valence-electron chi connectivity index (χ4n) is 2.62. The molecule has 0 saturated heterocycles. The summed E-state index contributed by atoms with van der Waals surface area (Å²) in [6.45, 7) is 4.04. The number of fused-ring (bicyclic) bond motifs is 1. The first-order valence-corrected chi connectivity index (χ1v) is 7.66. The highest BCUT2D eigenvalue weighted by molar-refractivity contribution is 9.10. The fraction of sp³-hybridized carbons (Fsp3) is 0.111. The Morgan fingerprint density at radius 1 is 1.09 bits per heavy atom. The van der Waals surface area contributed by atoms with Crippen molar-refractivity contribution in [1.82, 2.24) is 4.98 Å². The number of pyridine rings is 1. The van der Waals surface area contributed by atoms with Gasteiger partial charge in [0.2, 0.25) is 0 Å². The summed E-state index contributed by atoms with van der Waals surface area (Å²) in [4.78, 5) is 16.2. The average Bonchev–Trinajstić information content (AvgIpc) is 2.45. The summed E-state index contributed by atoms with van der Waals surface area (Å²) >= 11 is 3.41. The number of nitrogens with zero attached hydrogens (tertiary/aromatic N) is 1. The van der Waals surface area contributed by atoms with Crippen molar-refractivity contribution >= 4 is 32.8 Å². The van der Waals surface area contributed by atoms with Crippen molar-refractivity contribution < 1.29 is 9.90 Å². The van der Waals surface area contributed by atoms with E-state index in [1.54, 1.807) is 12.1 Å². The van der Waals surface area contributed by atoms with Gasteiger partial charge in [0.25, 0.3) is 0 Å². The van der Waals surface area contributed by atoms with Gasteiger partial charge in [0, 0.05) is 15.4 Å². The molecular formula is C18H14BrNO2. The second-order valence-electron chi connectivity index (χ2n) is 5.34. The van der Waals surface area contributed by atoms with Crippen LogP contribution >= 0.6 is 15.9 Å². The van der Waals surface area contributed by atoms with Crippen LogP contribution in [0.1, 0.15) is 21.5 Å². The van der Waals surface area contributed by atoms with Crippen LogP contribution in [0.15, 0.2) is 46.9 Å². The first-order valence-electron chi connectivity index (χ1n) is 6.87. The lowest BCUT2D eigenvalue weighted by atomic mass is 9.99. The molecule has 0 bridgehead atoms. The maximum absolute atomic E-state index is 11.6. The van der Waals surface area contributed by atoms with E-state index in [1.165, 1.54) is 5.56 Å². The van der Waals surface area contributed by atoms with Crippen LogP contribution in [0.25, 0.3) is 22.2 Å². The van der Waals surface area contributed by atoms with Crippen LogP contribution in [-0.2, 0) is 0 Å². The second kappa shape index (κ2) is 5.54. The number of carbonyl (C=O) groups is 1. The van der Waals surface area contributed by atoms with Gasteiger partial charge in [0.15, 0.2) is 0 Å². The number of rotatable bonds is 2. The van der Waals surface area contributed by atoms with E-state index in [0.29, 0.717) is 16.6 Å². The molecule has 1 heterocycles. The first-order chi connectivity index (χ1) is 10.5. The lowest BCUT2D eigenvalue weighted by molar-refractivity contribution is 0.0699. The standard InChI is InChI=1S/C18H14BrNO2/c1-10-3-5-13(11(2)7-10)17-9-15(18(21)22)14-6-4-12(19)8-16(14)20-17/h3-9H,1-2H3,(H,21,22). The van der Waals surface area contributed by atoms with Gasteiger partial charge < -0.3 is 5.11 Å². The molecule has 0 fully saturated rings. The predicted octanol–water partition coefficient (Wildman–Crippen LogP) is 4.98. The van der Waals surface area contributed by atoms with Crippen LogP contribution in [0.3, 0.4) is 0 Å². The van der Waals surface area contributed by atoms with Gasteiger partial charge in [-0.05, 0) is 37.6 Å². The number of aryl methyl sites for hydroxylation is 2. The number of carboxylic acids is 1. The van der Waals surface area contributed by atoms with Gasteiger partial charge in [-0.15, -0.1) is 0 Å². The van der Waals surface area contributed by atoms with E-state index >= 15 is 0 Å². The van der Waals surface area contributed by atoms with Gasteiger partial charge >= 0.3 is 5.97 Å².